The molecular weight excluding hydrogens is 306 g/mol. The Balaban J connectivity index is 1.53. The van der Waals surface area contributed by atoms with Gasteiger partial charge in [0.15, 0.2) is 0 Å². The minimum atomic E-state index is 0.0316. The number of aryl methyl sites for hydroxylation is 1. The zero-order valence-electron chi connectivity index (χ0n) is 14.8. The summed E-state index contributed by atoms with van der Waals surface area (Å²) in [5.41, 5.74) is 1.16. The van der Waals surface area contributed by atoms with Gasteiger partial charge in [-0.3, -0.25) is 14.4 Å². The first kappa shape index (κ1) is 17.4. The van der Waals surface area contributed by atoms with Crippen molar-refractivity contribution in [3.8, 4) is 0 Å². The molecular formula is C17H29N5O2. The number of carbonyl (C=O) groups is 1. The summed E-state index contributed by atoms with van der Waals surface area (Å²) in [5, 5.41) is 7.64. The number of nitrogens with zero attached hydrogens (tertiary/aromatic N) is 4. The number of hydrogen-bond acceptors (Lipinski definition) is 5. The van der Waals surface area contributed by atoms with Crippen LogP contribution in [0.15, 0.2) is 12.4 Å². The molecule has 1 amide bonds. The van der Waals surface area contributed by atoms with Gasteiger partial charge >= 0.3 is 0 Å². The number of aromatic nitrogens is 2. The lowest BCUT2D eigenvalue weighted by Gasteiger charge is -2.36. The van der Waals surface area contributed by atoms with Crippen molar-refractivity contribution in [2.45, 2.75) is 12.8 Å². The van der Waals surface area contributed by atoms with Crippen LogP contribution in [0.1, 0.15) is 18.4 Å². The molecule has 0 aliphatic carbocycles. The molecule has 7 heteroatoms. The number of ether oxygens (including phenoxy) is 1. The maximum absolute atomic E-state index is 13.0. The van der Waals surface area contributed by atoms with Crippen LogP contribution in [0.5, 0.6) is 0 Å². The van der Waals surface area contributed by atoms with Crippen LogP contribution in [0.4, 0.5) is 0 Å². The smallest absolute Gasteiger partial charge is 0.227 e. The van der Waals surface area contributed by atoms with Gasteiger partial charge in [0.2, 0.25) is 5.91 Å². The lowest BCUT2D eigenvalue weighted by Crippen LogP contribution is -2.51. The molecule has 134 valence electrons. The molecule has 2 fully saturated rings. The highest BCUT2D eigenvalue weighted by atomic mass is 16.5. The fourth-order valence-electron chi connectivity index (χ4n) is 3.68. The fraction of sp³-hybridized carbons (Fsp3) is 0.765. The van der Waals surface area contributed by atoms with Gasteiger partial charge in [-0.25, -0.2) is 0 Å². The van der Waals surface area contributed by atoms with E-state index in [0.29, 0.717) is 5.91 Å². The first-order valence-electron chi connectivity index (χ1n) is 8.97. The topological polar surface area (TPSA) is 62.6 Å². The molecule has 2 aliphatic heterocycles. The van der Waals surface area contributed by atoms with E-state index in [1.54, 1.807) is 0 Å². The van der Waals surface area contributed by atoms with Gasteiger partial charge in [-0.1, -0.05) is 0 Å². The van der Waals surface area contributed by atoms with Crippen molar-refractivity contribution in [3.05, 3.63) is 18.0 Å². The number of piperazine rings is 1. The molecule has 0 unspecified atom stereocenters. The lowest BCUT2D eigenvalue weighted by molar-refractivity contribution is -0.137. The fourth-order valence-corrected chi connectivity index (χ4v) is 3.68. The van der Waals surface area contributed by atoms with E-state index < -0.39 is 0 Å². The van der Waals surface area contributed by atoms with Gasteiger partial charge < -0.3 is 15.0 Å². The predicted molar refractivity (Wildman–Crippen MR) is 91.8 cm³/mol. The Hall–Kier alpha value is -1.44. The van der Waals surface area contributed by atoms with E-state index >= 15 is 0 Å². The third-order valence-electron chi connectivity index (χ3n) is 5.12. The third-order valence-corrected chi connectivity index (χ3v) is 5.12. The number of amides is 1. The van der Waals surface area contributed by atoms with Gasteiger partial charge in [-0.05, 0) is 12.5 Å². The van der Waals surface area contributed by atoms with Gasteiger partial charge in [-0.15, -0.1) is 0 Å². The highest BCUT2D eigenvalue weighted by Gasteiger charge is 2.37. The van der Waals surface area contributed by atoms with E-state index in [1.807, 2.05) is 35.9 Å². The number of nitrogens with one attached hydrogen (secondary N) is 1. The molecule has 1 aromatic heterocycles. The molecule has 1 N–H and O–H groups in total. The summed E-state index contributed by atoms with van der Waals surface area (Å²) >= 11 is 0. The van der Waals surface area contributed by atoms with Gasteiger partial charge in [0.05, 0.1) is 18.7 Å². The molecule has 0 saturated carbocycles. The quantitative estimate of drug-likeness (QED) is 0.736. The second kappa shape index (κ2) is 8.09. The average Bonchev–Trinajstić information content (AvgIpc) is 3.23. The van der Waals surface area contributed by atoms with Crippen LogP contribution in [0.3, 0.4) is 0 Å². The van der Waals surface area contributed by atoms with E-state index in [1.165, 1.54) is 0 Å². The number of hydrogen-bond donors (Lipinski definition) is 1. The van der Waals surface area contributed by atoms with Crippen molar-refractivity contribution in [1.29, 1.82) is 0 Å². The summed E-state index contributed by atoms with van der Waals surface area (Å²) in [4.78, 5) is 17.4. The SMILES string of the molecule is CCOCCN1CCN(C(=O)[C@H]2CNC[C@@H]2c2cnn(C)c2)CC1. The molecule has 2 saturated heterocycles. The largest absolute Gasteiger partial charge is 0.380 e. The van der Waals surface area contributed by atoms with E-state index in [2.05, 4.69) is 15.3 Å². The molecule has 0 bridgehead atoms. The monoisotopic (exact) mass is 335 g/mol. The molecule has 3 heterocycles. The third kappa shape index (κ3) is 3.96. The molecule has 1 aromatic rings. The number of rotatable bonds is 6. The van der Waals surface area contributed by atoms with Crippen LogP contribution in [-0.4, -0.2) is 84.5 Å². The van der Waals surface area contributed by atoms with Gasteiger partial charge in [-0.2, -0.15) is 5.10 Å². The Kier molecular flexibility index (Phi) is 5.86. The van der Waals surface area contributed by atoms with Crippen molar-refractivity contribution in [2.75, 3.05) is 59.0 Å². The Morgan fingerprint density at radius 2 is 2.12 bits per heavy atom. The molecule has 7 nitrogen and oxygen atoms in total. The normalized spacial score (nSPS) is 25.3. The van der Waals surface area contributed by atoms with E-state index in [4.69, 9.17) is 4.74 Å². The molecule has 0 spiro atoms. The Labute approximate surface area is 143 Å². The van der Waals surface area contributed by atoms with Gasteiger partial charge in [0.25, 0.3) is 0 Å². The maximum atomic E-state index is 13.0. The maximum Gasteiger partial charge on any atom is 0.227 e. The first-order chi connectivity index (χ1) is 11.7. The number of carbonyl (C=O) groups excluding carboxylic acids is 1. The van der Waals surface area contributed by atoms with Gasteiger partial charge in [0.1, 0.15) is 0 Å². The summed E-state index contributed by atoms with van der Waals surface area (Å²) < 4.78 is 7.23. The highest BCUT2D eigenvalue weighted by Crippen LogP contribution is 2.29. The summed E-state index contributed by atoms with van der Waals surface area (Å²) in [6.45, 7) is 9.67. The van der Waals surface area contributed by atoms with Crippen LogP contribution in [-0.2, 0) is 16.6 Å². The zero-order chi connectivity index (χ0) is 16.9. The van der Waals surface area contributed by atoms with E-state index in [-0.39, 0.29) is 11.8 Å². The van der Waals surface area contributed by atoms with Crippen LogP contribution < -0.4 is 5.32 Å². The van der Waals surface area contributed by atoms with Crippen molar-refractivity contribution in [3.63, 3.8) is 0 Å². The Morgan fingerprint density at radius 1 is 1.33 bits per heavy atom. The van der Waals surface area contributed by atoms with Crippen LogP contribution >= 0.6 is 0 Å². The Morgan fingerprint density at radius 3 is 2.79 bits per heavy atom. The lowest BCUT2D eigenvalue weighted by atomic mass is 9.89. The minimum absolute atomic E-state index is 0.0316. The van der Waals surface area contributed by atoms with E-state index in [0.717, 1.165) is 64.6 Å². The van der Waals surface area contributed by atoms with Crippen molar-refractivity contribution in [1.82, 2.24) is 24.9 Å². The highest BCUT2D eigenvalue weighted by molar-refractivity contribution is 5.80. The predicted octanol–water partition coefficient (Wildman–Crippen LogP) is -0.0962. The first-order valence-corrected chi connectivity index (χ1v) is 8.97. The molecule has 24 heavy (non-hydrogen) atoms. The second-order valence-electron chi connectivity index (χ2n) is 6.68. The van der Waals surface area contributed by atoms with E-state index in [9.17, 15) is 4.79 Å². The van der Waals surface area contributed by atoms with Crippen molar-refractivity contribution < 1.29 is 9.53 Å². The standard InChI is InChI=1S/C17H29N5O2/c1-3-24-9-8-21-4-6-22(7-5-21)17(23)16-12-18-11-15(16)14-10-19-20(2)13-14/h10,13,15-16,18H,3-9,11-12H2,1-2H3/t15-,16+/m1/s1. The van der Waals surface area contributed by atoms with Crippen molar-refractivity contribution in [2.24, 2.45) is 13.0 Å². The van der Waals surface area contributed by atoms with Crippen LogP contribution in [0.2, 0.25) is 0 Å². The van der Waals surface area contributed by atoms with Crippen LogP contribution in [0.25, 0.3) is 0 Å². The molecule has 2 aliphatic rings. The zero-order valence-corrected chi connectivity index (χ0v) is 14.8. The molecule has 0 radical (unpaired) electrons. The molecule has 2 atom stereocenters. The summed E-state index contributed by atoms with van der Waals surface area (Å²) in [5.74, 6) is 0.560. The summed E-state index contributed by atoms with van der Waals surface area (Å²) in [6, 6.07) is 0. The summed E-state index contributed by atoms with van der Waals surface area (Å²) in [6.07, 6.45) is 3.92. The summed E-state index contributed by atoms with van der Waals surface area (Å²) in [7, 11) is 1.92. The molecule has 0 aromatic carbocycles. The minimum Gasteiger partial charge on any atom is -0.380 e. The van der Waals surface area contributed by atoms with Crippen molar-refractivity contribution >= 4 is 5.91 Å². The average molecular weight is 335 g/mol. The molecule has 3 rings (SSSR count). The Bertz CT molecular complexity index is 539. The van der Waals surface area contributed by atoms with Crippen LogP contribution in [0, 0.1) is 5.92 Å². The second-order valence-corrected chi connectivity index (χ2v) is 6.68. The van der Waals surface area contributed by atoms with Gasteiger partial charge in [0, 0.05) is 71.6 Å².